The van der Waals surface area contributed by atoms with Crippen molar-refractivity contribution in [3.8, 4) is 0 Å². The van der Waals surface area contributed by atoms with Crippen molar-refractivity contribution in [1.29, 1.82) is 0 Å². The minimum atomic E-state index is 0.979. The average molecular weight is 199 g/mol. The van der Waals surface area contributed by atoms with E-state index in [9.17, 15) is 0 Å². The fraction of sp³-hybridized carbons (Fsp3) is 0.846. The van der Waals surface area contributed by atoms with E-state index in [1.807, 2.05) is 20.8 Å². The van der Waals surface area contributed by atoms with Gasteiger partial charge in [0.15, 0.2) is 0 Å². The van der Waals surface area contributed by atoms with Gasteiger partial charge in [0, 0.05) is 0 Å². The number of hydrogen-bond donors (Lipinski definition) is 0. The Balaban J connectivity index is 0. The van der Waals surface area contributed by atoms with Crippen LogP contribution >= 0.6 is 0 Å². The Morgan fingerprint density at radius 2 is 1.64 bits per heavy atom. The van der Waals surface area contributed by atoms with Gasteiger partial charge >= 0.3 is 0 Å². The van der Waals surface area contributed by atoms with Crippen molar-refractivity contribution in [3.63, 3.8) is 0 Å². The number of hydrogen-bond acceptors (Lipinski definition) is 1. The van der Waals surface area contributed by atoms with Gasteiger partial charge in [0.1, 0.15) is 0 Å². The van der Waals surface area contributed by atoms with Crippen molar-refractivity contribution in [3.05, 3.63) is 12.7 Å². The molecule has 0 radical (unpaired) electrons. The van der Waals surface area contributed by atoms with Crippen molar-refractivity contribution in [2.24, 2.45) is 5.92 Å². The Morgan fingerprint density at radius 1 is 1.29 bits per heavy atom. The average Bonchev–Trinajstić information content (AvgIpc) is 2.23. The van der Waals surface area contributed by atoms with E-state index in [-0.39, 0.29) is 0 Å². The van der Waals surface area contributed by atoms with Crippen molar-refractivity contribution in [2.45, 2.75) is 47.5 Å². The van der Waals surface area contributed by atoms with Gasteiger partial charge in [-0.05, 0) is 45.3 Å². The highest BCUT2D eigenvalue weighted by Crippen LogP contribution is 2.14. The molecule has 1 fully saturated rings. The predicted octanol–water partition coefficient (Wildman–Crippen LogP) is 3.96. The predicted molar refractivity (Wildman–Crippen MR) is 67.7 cm³/mol. The maximum absolute atomic E-state index is 3.36. The zero-order valence-electron chi connectivity index (χ0n) is 10.8. The van der Waals surface area contributed by atoms with Crippen LogP contribution in [-0.2, 0) is 0 Å². The smallest absolute Gasteiger partial charge is 0.00163 e. The van der Waals surface area contributed by atoms with E-state index in [0.29, 0.717) is 0 Å². The highest BCUT2D eigenvalue weighted by atomic mass is 15.1. The number of rotatable bonds is 1. The van der Waals surface area contributed by atoms with Gasteiger partial charge in [-0.2, -0.15) is 0 Å². The van der Waals surface area contributed by atoms with E-state index >= 15 is 0 Å². The Kier molecular flexibility index (Phi) is 14.6. The van der Waals surface area contributed by atoms with Crippen LogP contribution in [0.4, 0.5) is 0 Å². The van der Waals surface area contributed by atoms with Gasteiger partial charge in [-0.3, -0.25) is 0 Å². The quantitative estimate of drug-likeness (QED) is 0.578. The van der Waals surface area contributed by atoms with Gasteiger partial charge < -0.3 is 4.90 Å². The van der Waals surface area contributed by atoms with Crippen LogP contribution in [-0.4, -0.2) is 24.5 Å². The van der Waals surface area contributed by atoms with Crippen LogP contribution in [0.15, 0.2) is 12.7 Å². The van der Waals surface area contributed by atoms with Crippen LogP contribution in [0.5, 0.6) is 0 Å². The summed E-state index contributed by atoms with van der Waals surface area (Å²) >= 11 is 0. The Hall–Kier alpha value is -0.300. The normalized spacial score (nSPS) is 17.2. The largest absolute Gasteiger partial charge is 0.304 e. The van der Waals surface area contributed by atoms with Gasteiger partial charge in [0.05, 0.1) is 0 Å². The van der Waals surface area contributed by atoms with Crippen LogP contribution < -0.4 is 0 Å². The first-order valence-electron chi connectivity index (χ1n) is 6.04. The van der Waals surface area contributed by atoms with Gasteiger partial charge in [0.25, 0.3) is 0 Å². The van der Waals surface area contributed by atoms with Gasteiger partial charge in [-0.1, -0.05) is 33.8 Å². The summed E-state index contributed by atoms with van der Waals surface area (Å²) < 4.78 is 0. The lowest BCUT2D eigenvalue weighted by molar-refractivity contribution is 0.201. The van der Waals surface area contributed by atoms with E-state index in [4.69, 9.17) is 0 Å². The molecule has 1 rings (SSSR count). The van der Waals surface area contributed by atoms with E-state index in [1.165, 1.54) is 32.5 Å². The van der Waals surface area contributed by atoms with Crippen LogP contribution in [0.2, 0.25) is 0 Å². The molecule has 1 heterocycles. The standard InChI is InChI=1S/C8H17N.C3H6.C2H6/c1-3-9-6-4-8(2)5-7-9;1-3-2;1-2/h8H,3-7H2,1-2H3;3H,1H2,2H3;1-2H3. The summed E-state index contributed by atoms with van der Waals surface area (Å²) in [5.74, 6) is 0.979. The monoisotopic (exact) mass is 199 g/mol. The van der Waals surface area contributed by atoms with Gasteiger partial charge in [-0.15, -0.1) is 6.58 Å². The lowest BCUT2D eigenvalue weighted by atomic mass is 9.99. The molecule has 0 amide bonds. The molecule has 0 spiro atoms. The highest BCUT2D eigenvalue weighted by molar-refractivity contribution is 4.67. The summed E-state index contributed by atoms with van der Waals surface area (Å²) in [6.45, 7) is 17.8. The lowest BCUT2D eigenvalue weighted by Crippen LogP contribution is -2.32. The Labute approximate surface area is 91.2 Å². The maximum atomic E-state index is 3.36. The van der Waals surface area contributed by atoms with E-state index in [2.05, 4.69) is 25.3 Å². The first kappa shape index (κ1) is 16.1. The molecular formula is C13H29N. The minimum Gasteiger partial charge on any atom is -0.304 e. The molecule has 0 unspecified atom stereocenters. The van der Waals surface area contributed by atoms with Crippen LogP contribution in [0.1, 0.15) is 47.5 Å². The topological polar surface area (TPSA) is 3.24 Å². The molecule has 0 aromatic heterocycles. The zero-order valence-corrected chi connectivity index (χ0v) is 10.8. The fourth-order valence-electron chi connectivity index (χ4n) is 1.38. The zero-order chi connectivity index (χ0) is 11.4. The second-order valence-corrected chi connectivity index (χ2v) is 3.53. The number of allylic oxidation sites excluding steroid dienone is 1. The molecule has 0 N–H and O–H groups in total. The Bertz CT molecular complexity index is 102. The SMILES string of the molecule is C=CC.CC.CCN1CCC(C)CC1. The summed E-state index contributed by atoms with van der Waals surface area (Å²) in [5, 5.41) is 0. The number of nitrogens with zero attached hydrogens (tertiary/aromatic N) is 1. The molecule has 1 saturated heterocycles. The summed E-state index contributed by atoms with van der Waals surface area (Å²) in [7, 11) is 0. The van der Waals surface area contributed by atoms with E-state index in [1.54, 1.807) is 6.08 Å². The molecule has 1 aliphatic rings. The van der Waals surface area contributed by atoms with Crippen molar-refractivity contribution in [1.82, 2.24) is 4.90 Å². The molecule has 1 aliphatic heterocycles. The van der Waals surface area contributed by atoms with Crippen LogP contribution in [0.3, 0.4) is 0 Å². The minimum absolute atomic E-state index is 0.979. The first-order chi connectivity index (χ1) is 6.74. The van der Waals surface area contributed by atoms with Crippen molar-refractivity contribution >= 4 is 0 Å². The first-order valence-corrected chi connectivity index (χ1v) is 6.04. The maximum Gasteiger partial charge on any atom is -0.00163 e. The molecule has 1 nitrogen and oxygen atoms in total. The van der Waals surface area contributed by atoms with Crippen LogP contribution in [0.25, 0.3) is 0 Å². The van der Waals surface area contributed by atoms with Gasteiger partial charge in [0.2, 0.25) is 0 Å². The third-order valence-electron chi connectivity index (χ3n) is 2.32. The molecule has 0 saturated carbocycles. The molecule has 86 valence electrons. The summed E-state index contributed by atoms with van der Waals surface area (Å²) in [6, 6.07) is 0. The van der Waals surface area contributed by atoms with E-state index < -0.39 is 0 Å². The molecule has 1 heteroatoms. The number of piperidine rings is 1. The fourth-order valence-corrected chi connectivity index (χ4v) is 1.38. The van der Waals surface area contributed by atoms with E-state index in [0.717, 1.165) is 5.92 Å². The lowest BCUT2D eigenvalue weighted by Gasteiger charge is -2.28. The molecule has 0 atom stereocenters. The number of likely N-dealkylation sites (tertiary alicyclic amines) is 1. The second kappa shape index (κ2) is 12.7. The van der Waals surface area contributed by atoms with Crippen molar-refractivity contribution in [2.75, 3.05) is 19.6 Å². The van der Waals surface area contributed by atoms with Crippen LogP contribution in [0, 0.1) is 5.92 Å². The second-order valence-electron chi connectivity index (χ2n) is 3.53. The molecule has 0 aromatic carbocycles. The summed E-state index contributed by atoms with van der Waals surface area (Å²) in [6.07, 6.45) is 4.57. The summed E-state index contributed by atoms with van der Waals surface area (Å²) in [4.78, 5) is 2.53. The van der Waals surface area contributed by atoms with Crippen molar-refractivity contribution < 1.29 is 0 Å². The summed E-state index contributed by atoms with van der Waals surface area (Å²) in [5.41, 5.74) is 0. The highest BCUT2D eigenvalue weighted by Gasteiger charge is 2.12. The molecular weight excluding hydrogens is 170 g/mol. The molecule has 0 aliphatic carbocycles. The molecule has 14 heavy (non-hydrogen) atoms. The molecule has 0 bridgehead atoms. The van der Waals surface area contributed by atoms with Gasteiger partial charge in [-0.25, -0.2) is 0 Å². The third-order valence-corrected chi connectivity index (χ3v) is 2.32. The third kappa shape index (κ3) is 9.79. The molecule has 0 aromatic rings. The Morgan fingerprint density at radius 3 is 1.93 bits per heavy atom.